The van der Waals surface area contributed by atoms with E-state index in [1.165, 1.54) is 34.8 Å². The smallest absolute Gasteiger partial charge is 0.207 e. The van der Waals surface area contributed by atoms with Gasteiger partial charge in [0.05, 0.1) is 0 Å². The SMILES string of the molecule is CN(C)S(=O)(=O)N1CCC(c2cccc(F)c2)C1. The van der Waals surface area contributed by atoms with Gasteiger partial charge in [-0.15, -0.1) is 0 Å². The first-order valence-corrected chi connectivity index (χ1v) is 7.24. The molecule has 18 heavy (non-hydrogen) atoms. The molecule has 1 fully saturated rings. The van der Waals surface area contributed by atoms with Crippen LogP contribution in [0.1, 0.15) is 17.9 Å². The van der Waals surface area contributed by atoms with E-state index in [-0.39, 0.29) is 11.7 Å². The maximum atomic E-state index is 13.1. The Morgan fingerprint density at radius 2 is 2.11 bits per heavy atom. The molecule has 0 spiro atoms. The molecule has 1 heterocycles. The van der Waals surface area contributed by atoms with Gasteiger partial charge in [-0.3, -0.25) is 0 Å². The lowest BCUT2D eigenvalue weighted by atomic mass is 9.99. The summed E-state index contributed by atoms with van der Waals surface area (Å²) in [4.78, 5) is 0. The van der Waals surface area contributed by atoms with Crippen LogP contribution in [0.5, 0.6) is 0 Å². The van der Waals surface area contributed by atoms with Crippen molar-refractivity contribution in [2.75, 3.05) is 27.2 Å². The van der Waals surface area contributed by atoms with Crippen LogP contribution < -0.4 is 0 Å². The molecule has 1 aromatic rings. The minimum atomic E-state index is -3.35. The van der Waals surface area contributed by atoms with Crippen molar-refractivity contribution in [3.05, 3.63) is 35.6 Å². The maximum absolute atomic E-state index is 13.1. The van der Waals surface area contributed by atoms with Crippen molar-refractivity contribution < 1.29 is 12.8 Å². The summed E-state index contributed by atoms with van der Waals surface area (Å²) < 4.78 is 39.7. The summed E-state index contributed by atoms with van der Waals surface area (Å²) in [5.74, 6) is -0.197. The van der Waals surface area contributed by atoms with Gasteiger partial charge in [0.2, 0.25) is 0 Å². The third-order valence-corrected chi connectivity index (χ3v) is 5.17. The van der Waals surface area contributed by atoms with Crippen LogP contribution in [0, 0.1) is 5.82 Å². The molecule has 0 bridgehead atoms. The van der Waals surface area contributed by atoms with Crippen LogP contribution in [0.2, 0.25) is 0 Å². The average molecular weight is 272 g/mol. The summed E-state index contributed by atoms with van der Waals surface area (Å²) in [6, 6.07) is 6.39. The molecular weight excluding hydrogens is 255 g/mol. The molecule has 1 saturated heterocycles. The number of halogens is 1. The molecule has 100 valence electrons. The molecule has 1 unspecified atom stereocenters. The second kappa shape index (κ2) is 4.95. The van der Waals surface area contributed by atoms with Gasteiger partial charge in [0.15, 0.2) is 0 Å². The summed E-state index contributed by atoms with van der Waals surface area (Å²) in [7, 11) is -0.317. The van der Waals surface area contributed by atoms with Gasteiger partial charge in [0, 0.05) is 27.2 Å². The zero-order chi connectivity index (χ0) is 13.3. The largest absolute Gasteiger partial charge is 0.281 e. The lowest BCUT2D eigenvalue weighted by molar-refractivity contribution is 0.418. The summed E-state index contributed by atoms with van der Waals surface area (Å²) in [6.45, 7) is 0.908. The van der Waals surface area contributed by atoms with E-state index in [4.69, 9.17) is 0 Å². The van der Waals surface area contributed by atoms with E-state index in [9.17, 15) is 12.8 Å². The predicted octanol–water partition coefficient (Wildman–Crippen LogP) is 1.42. The van der Waals surface area contributed by atoms with E-state index in [1.54, 1.807) is 6.07 Å². The number of hydrogen-bond acceptors (Lipinski definition) is 2. The third-order valence-electron chi connectivity index (χ3n) is 3.26. The highest BCUT2D eigenvalue weighted by molar-refractivity contribution is 7.86. The molecule has 6 heteroatoms. The summed E-state index contributed by atoms with van der Waals surface area (Å²) in [6.07, 6.45) is 0.733. The van der Waals surface area contributed by atoms with E-state index >= 15 is 0 Å². The zero-order valence-corrected chi connectivity index (χ0v) is 11.3. The van der Waals surface area contributed by atoms with Crippen molar-refractivity contribution in [2.24, 2.45) is 0 Å². The van der Waals surface area contributed by atoms with Crippen LogP contribution in [0.15, 0.2) is 24.3 Å². The fraction of sp³-hybridized carbons (Fsp3) is 0.500. The van der Waals surface area contributed by atoms with E-state index in [2.05, 4.69) is 0 Å². The van der Waals surface area contributed by atoms with E-state index in [0.717, 1.165) is 12.0 Å². The van der Waals surface area contributed by atoms with Crippen molar-refractivity contribution in [3.8, 4) is 0 Å². The highest BCUT2D eigenvalue weighted by Crippen LogP contribution is 2.29. The van der Waals surface area contributed by atoms with Crippen LogP contribution in [-0.4, -0.2) is 44.2 Å². The molecule has 1 aliphatic rings. The van der Waals surface area contributed by atoms with Crippen molar-refractivity contribution in [2.45, 2.75) is 12.3 Å². The lowest BCUT2D eigenvalue weighted by Gasteiger charge is -2.20. The van der Waals surface area contributed by atoms with Crippen LogP contribution in [-0.2, 0) is 10.2 Å². The third kappa shape index (κ3) is 2.55. The summed E-state index contributed by atoms with van der Waals surface area (Å²) in [5.41, 5.74) is 0.867. The molecule has 1 aliphatic heterocycles. The first-order valence-electron chi connectivity index (χ1n) is 5.84. The monoisotopic (exact) mass is 272 g/mol. The second-order valence-corrected chi connectivity index (χ2v) is 6.83. The van der Waals surface area contributed by atoms with Crippen molar-refractivity contribution in [1.82, 2.24) is 8.61 Å². The van der Waals surface area contributed by atoms with Gasteiger partial charge >= 0.3 is 0 Å². The molecule has 0 saturated carbocycles. The maximum Gasteiger partial charge on any atom is 0.281 e. The fourth-order valence-corrected chi connectivity index (χ4v) is 3.37. The van der Waals surface area contributed by atoms with E-state index in [1.807, 2.05) is 6.07 Å². The van der Waals surface area contributed by atoms with E-state index in [0.29, 0.717) is 13.1 Å². The van der Waals surface area contributed by atoms with E-state index < -0.39 is 10.2 Å². The van der Waals surface area contributed by atoms with Crippen molar-refractivity contribution >= 4 is 10.2 Å². The first kappa shape index (κ1) is 13.5. The molecule has 0 radical (unpaired) electrons. The lowest BCUT2D eigenvalue weighted by Crippen LogP contribution is -2.38. The summed E-state index contributed by atoms with van der Waals surface area (Å²) >= 11 is 0. The Morgan fingerprint density at radius 3 is 2.72 bits per heavy atom. The van der Waals surface area contributed by atoms with Gasteiger partial charge in [0.1, 0.15) is 5.82 Å². The highest BCUT2D eigenvalue weighted by atomic mass is 32.2. The molecule has 4 nitrogen and oxygen atoms in total. The van der Waals surface area contributed by atoms with Gasteiger partial charge in [-0.2, -0.15) is 17.0 Å². The standard InChI is InChI=1S/C12H17FN2O2S/c1-14(2)18(16,17)15-7-6-11(9-15)10-4-3-5-12(13)8-10/h3-5,8,11H,6-7,9H2,1-2H3. The van der Waals surface area contributed by atoms with Crippen molar-refractivity contribution in [3.63, 3.8) is 0 Å². The number of benzene rings is 1. The Balaban J connectivity index is 2.14. The zero-order valence-electron chi connectivity index (χ0n) is 10.5. The quantitative estimate of drug-likeness (QED) is 0.835. The topological polar surface area (TPSA) is 40.6 Å². The fourth-order valence-electron chi connectivity index (χ4n) is 2.20. The van der Waals surface area contributed by atoms with Crippen LogP contribution in [0.4, 0.5) is 4.39 Å². The van der Waals surface area contributed by atoms with Crippen LogP contribution in [0.3, 0.4) is 0 Å². The molecule has 0 aromatic heterocycles. The van der Waals surface area contributed by atoms with Gasteiger partial charge in [0.25, 0.3) is 10.2 Å². The molecule has 1 atom stereocenters. The normalized spacial score (nSPS) is 21.7. The molecule has 2 rings (SSSR count). The first-order chi connectivity index (χ1) is 8.41. The molecular formula is C12H17FN2O2S. The molecule has 1 aromatic carbocycles. The highest BCUT2D eigenvalue weighted by Gasteiger charge is 2.33. The number of hydrogen-bond donors (Lipinski definition) is 0. The van der Waals surface area contributed by atoms with Gasteiger partial charge in [-0.05, 0) is 30.0 Å². The molecule has 0 aliphatic carbocycles. The minimum Gasteiger partial charge on any atom is -0.207 e. The summed E-state index contributed by atoms with van der Waals surface area (Å²) in [5, 5.41) is 0. The Labute approximate surface area is 107 Å². The Hall–Kier alpha value is -0.980. The van der Waals surface area contributed by atoms with Crippen LogP contribution in [0.25, 0.3) is 0 Å². The van der Waals surface area contributed by atoms with Crippen molar-refractivity contribution in [1.29, 1.82) is 0 Å². The van der Waals surface area contributed by atoms with Gasteiger partial charge in [-0.25, -0.2) is 4.39 Å². The average Bonchev–Trinajstić information content (AvgIpc) is 2.78. The number of rotatable bonds is 3. The van der Waals surface area contributed by atoms with Gasteiger partial charge in [-0.1, -0.05) is 12.1 Å². The molecule has 0 N–H and O–H groups in total. The molecule has 0 amide bonds. The van der Waals surface area contributed by atoms with Gasteiger partial charge < -0.3 is 0 Å². The Kier molecular flexibility index (Phi) is 3.70. The number of nitrogens with zero attached hydrogens (tertiary/aromatic N) is 2. The Morgan fingerprint density at radius 1 is 1.39 bits per heavy atom. The second-order valence-electron chi connectivity index (χ2n) is 4.69. The minimum absolute atomic E-state index is 0.0791. The van der Waals surface area contributed by atoms with Crippen LogP contribution >= 0.6 is 0 Å². The predicted molar refractivity (Wildman–Crippen MR) is 67.9 cm³/mol. The Bertz CT molecular complexity index is 531.